The third kappa shape index (κ3) is 3.79. The Kier molecular flexibility index (Phi) is 5.14. The van der Waals surface area contributed by atoms with Gasteiger partial charge in [0.25, 0.3) is 0 Å². The fraction of sp³-hybridized carbons (Fsp3) is 0.600. The lowest BCUT2D eigenvalue weighted by molar-refractivity contribution is 0.103. The molecule has 18 heavy (non-hydrogen) atoms. The van der Waals surface area contributed by atoms with E-state index in [-0.39, 0.29) is 5.82 Å². The summed E-state index contributed by atoms with van der Waals surface area (Å²) < 4.78 is 18.5. The molecule has 2 rings (SSSR count). The van der Waals surface area contributed by atoms with Crippen LogP contribution in [0.3, 0.4) is 0 Å². The van der Waals surface area contributed by atoms with Crippen LogP contribution in [0.1, 0.15) is 44.2 Å². The van der Waals surface area contributed by atoms with Crippen molar-refractivity contribution in [3.63, 3.8) is 0 Å². The summed E-state index contributed by atoms with van der Waals surface area (Å²) in [6.45, 7) is 4.02. The molecule has 2 atom stereocenters. The van der Waals surface area contributed by atoms with E-state index >= 15 is 0 Å². The van der Waals surface area contributed by atoms with Crippen molar-refractivity contribution < 1.29 is 9.13 Å². The van der Waals surface area contributed by atoms with Gasteiger partial charge in [0.2, 0.25) is 0 Å². The molecule has 0 saturated carbocycles. The van der Waals surface area contributed by atoms with Gasteiger partial charge in [-0.05, 0) is 49.9 Å². The quantitative estimate of drug-likeness (QED) is 0.836. The Hall–Kier alpha value is -0.930. The minimum absolute atomic E-state index is 0.173. The Labute approximate surface area is 109 Å². The molecule has 3 heteroatoms. The van der Waals surface area contributed by atoms with Crippen molar-refractivity contribution in [3.8, 4) is 0 Å². The van der Waals surface area contributed by atoms with Gasteiger partial charge in [-0.15, -0.1) is 0 Å². The lowest BCUT2D eigenvalue weighted by Gasteiger charge is -2.18. The minimum Gasteiger partial charge on any atom is -0.378 e. The molecular formula is C15H22FNO. The topological polar surface area (TPSA) is 21.3 Å². The molecule has 1 aliphatic heterocycles. The van der Waals surface area contributed by atoms with E-state index in [4.69, 9.17) is 4.74 Å². The lowest BCUT2D eigenvalue weighted by atomic mass is 10.0. The number of nitrogens with one attached hydrogen (secondary N) is 1. The summed E-state index contributed by atoms with van der Waals surface area (Å²) in [5.74, 6) is -0.173. The van der Waals surface area contributed by atoms with Gasteiger partial charge in [-0.1, -0.05) is 19.1 Å². The van der Waals surface area contributed by atoms with Crippen molar-refractivity contribution in [3.05, 3.63) is 35.6 Å². The van der Waals surface area contributed by atoms with Crippen LogP contribution in [-0.4, -0.2) is 19.3 Å². The maximum Gasteiger partial charge on any atom is 0.123 e. The SMILES string of the molecule is CCC(NCCC1CCCO1)c1ccc(F)cc1. The number of hydrogen-bond donors (Lipinski definition) is 1. The molecule has 2 unspecified atom stereocenters. The van der Waals surface area contributed by atoms with Crippen LogP contribution in [0.4, 0.5) is 4.39 Å². The molecule has 0 bridgehead atoms. The van der Waals surface area contributed by atoms with E-state index in [1.54, 1.807) is 0 Å². The summed E-state index contributed by atoms with van der Waals surface area (Å²) in [7, 11) is 0. The smallest absolute Gasteiger partial charge is 0.123 e. The van der Waals surface area contributed by atoms with Crippen LogP contribution < -0.4 is 5.32 Å². The predicted octanol–water partition coefficient (Wildman–Crippen LogP) is 3.44. The van der Waals surface area contributed by atoms with E-state index in [2.05, 4.69) is 12.2 Å². The second kappa shape index (κ2) is 6.86. The Morgan fingerprint density at radius 1 is 1.39 bits per heavy atom. The van der Waals surface area contributed by atoms with Gasteiger partial charge in [0, 0.05) is 12.6 Å². The fourth-order valence-corrected chi connectivity index (χ4v) is 2.48. The number of halogens is 1. The van der Waals surface area contributed by atoms with Crippen LogP contribution in [0.25, 0.3) is 0 Å². The average molecular weight is 251 g/mol. The van der Waals surface area contributed by atoms with Crippen molar-refractivity contribution in [2.45, 2.75) is 44.8 Å². The van der Waals surface area contributed by atoms with E-state index in [9.17, 15) is 4.39 Å². The molecule has 0 aliphatic carbocycles. The Morgan fingerprint density at radius 3 is 2.78 bits per heavy atom. The Bertz CT molecular complexity index is 346. The molecule has 1 saturated heterocycles. The average Bonchev–Trinajstić information content (AvgIpc) is 2.89. The highest BCUT2D eigenvalue weighted by molar-refractivity contribution is 5.19. The highest BCUT2D eigenvalue weighted by Crippen LogP contribution is 2.18. The van der Waals surface area contributed by atoms with Crippen LogP contribution in [-0.2, 0) is 4.74 Å². The highest BCUT2D eigenvalue weighted by atomic mass is 19.1. The van der Waals surface area contributed by atoms with Crippen LogP contribution >= 0.6 is 0 Å². The van der Waals surface area contributed by atoms with Gasteiger partial charge in [-0.3, -0.25) is 0 Å². The molecule has 1 aliphatic rings. The van der Waals surface area contributed by atoms with Gasteiger partial charge < -0.3 is 10.1 Å². The first-order chi connectivity index (χ1) is 8.79. The zero-order valence-corrected chi connectivity index (χ0v) is 11.0. The van der Waals surface area contributed by atoms with Gasteiger partial charge in [0.1, 0.15) is 5.82 Å². The number of hydrogen-bond acceptors (Lipinski definition) is 2. The van der Waals surface area contributed by atoms with Crippen LogP contribution in [0.5, 0.6) is 0 Å². The lowest BCUT2D eigenvalue weighted by Crippen LogP contribution is -2.24. The van der Waals surface area contributed by atoms with Gasteiger partial charge in [-0.2, -0.15) is 0 Å². The van der Waals surface area contributed by atoms with Gasteiger partial charge >= 0.3 is 0 Å². The molecule has 1 aromatic rings. The normalized spacial score (nSPS) is 21.1. The zero-order valence-electron chi connectivity index (χ0n) is 11.0. The van der Waals surface area contributed by atoms with Crippen molar-refractivity contribution >= 4 is 0 Å². The largest absolute Gasteiger partial charge is 0.378 e. The molecule has 2 nitrogen and oxygen atoms in total. The first-order valence-corrected chi connectivity index (χ1v) is 6.90. The number of benzene rings is 1. The zero-order chi connectivity index (χ0) is 12.8. The number of ether oxygens (including phenoxy) is 1. The molecule has 1 aromatic carbocycles. The van der Waals surface area contributed by atoms with Gasteiger partial charge in [-0.25, -0.2) is 4.39 Å². The second-order valence-corrected chi connectivity index (χ2v) is 4.89. The fourth-order valence-electron chi connectivity index (χ4n) is 2.48. The van der Waals surface area contributed by atoms with E-state index in [0.29, 0.717) is 12.1 Å². The van der Waals surface area contributed by atoms with Crippen LogP contribution in [0.2, 0.25) is 0 Å². The summed E-state index contributed by atoms with van der Waals surface area (Å²) >= 11 is 0. The molecule has 0 spiro atoms. The van der Waals surface area contributed by atoms with Crippen molar-refractivity contribution in [1.82, 2.24) is 5.32 Å². The summed E-state index contributed by atoms with van der Waals surface area (Å²) in [6, 6.07) is 7.09. The van der Waals surface area contributed by atoms with Gasteiger partial charge in [0.05, 0.1) is 6.10 Å². The van der Waals surface area contributed by atoms with Crippen molar-refractivity contribution in [1.29, 1.82) is 0 Å². The number of rotatable bonds is 6. The molecule has 1 fully saturated rings. The van der Waals surface area contributed by atoms with E-state index in [1.165, 1.54) is 25.0 Å². The maximum absolute atomic E-state index is 12.9. The first-order valence-electron chi connectivity index (χ1n) is 6.90. The molecule has 1 heterocycles. The predicted molar refractivity (Wildman–Crippen MR) is 71.0 cm³/mol. The standard InChI is InChI=1S/C15H22FNO/c1-2-15(12-5-7-13(16)8-6-12)17-10-9-14-4-3-11-18-14/h5-8,14-15,17H,2-4,9-11H2,1H3. The maximum atomic E-state index is 12.9. The first kappa shape index (κ1) is 13.5. The molecule has 0 aromatic heterocycles. The third-order valence-corrected chi connectivity index (χ3v) is 3.56. The third-order valence-electron chi connectivity index (χ3n) is 3.56. The molecule has 100 valence electrons. The van der Waals surface area contributed by atoms with E-state index in [0.717, 1.165) is 31.6 Å². The summed E-state index contributed by atoms with van der Waals surface area (Å²) in [4.78, 5) is 0. The highest BCUT2D eigenvalue weighted by Gasteiger charge is 2.16. The molecule has 0 amide bonds. The molecule has 0 radical (unpaired) electrons. The van der Waals surface area contributed by atoms with Crippen molar-refractivity contribution in [2.24, 2.45) is 0 Å². The molecular weight excluding hydrogens is 229 g/mol. The van der Waals surface area contributed by atoms with Crippen LogP contribution in [0.15, 0.2) is 24.3 Å². The Balaban J connectivity index is 1.79. The summed E-state index contributed by atoms with van der Waals surface area (Å²) in [5, 5.41) is 3.53. The summed E-state index contributed by atoms with van der Waals surface area (Å²) in [5.41, 5.74) is 1.16. The Morgan fingerprint density at radius 2 is 2.17 bits per heavy atom. The van der Waals surface area contributed by atoms with Crippen LogP contribution in [0, 0.1) is 5.82 Å². The monoisotopic (exact) mass is 251 g/mol. The molecule has 1 N–H and O–H groups in total. The van der Waals surface area contributed by atoms with E-state index < -0.39 is 0 Å². The van der Waals surface area contributed by atoms with E-state index in [1.807, 2.05) is 12.1 Å². The minimum atomic E-state index is -0.173. The van der Waals surface area contributed by atoms with Crippen molar-refractivity contribution in [2.75, 3.05) is 13.2 Å². The summed E-state index contributed by atoms with van der Waals surface area (Å²) in [6.07, 6.45) is 4.90. The second-order valence-electron chi connectivity index (χ2n) is 4.89. The van der Waals surface area contributed by atoms with Gasteiger partial charge in [0.15, 0.2) is 0 Å².